The SMILES string of the molecule is O=S(=O)(Nc1cccc(OC2CCCC2)c1)c1ccc(S(=O)(=O)NC2CC2)cc1. The Hall–Kier alpha value is -2.10. The van der Waals surface area contributed by atoms with E-state index in [1.165, 1.54) is 24.3 Å². The molecule has 0 spiro atoms. The second-order valence-corrected chi connectivity index (χ2v) is 10.9. The largest absolute Gasteiger partial charge is 0.490 e. The summed E-state index contributed by atoms with van der Waals surface area (Å²) in [6.07, 6.45) is 6.18. The summed E-state index contributed by atoms with van der Waals surface area (Å²) in [6, 6.07) is 12.0. The average molecular weight is 437 g/mol. The molecule has 2 aromatic carbocycles. The van der Waals surface area contributed by atoms with Crippen molar-refractivity contribution >= 4 is 25.7 Å². The summed E-state index contributed by atoms with van der Waals surface area (Å²) >= 11 is 0. The van der Waals surface area contributed by atoms with Crippen LogP contribution in [0.3, 0.4) is 0 Å². The molecule has 2 fully saturated rings. The standard InChI is InChI=1S/C20H24N2O5S2/c23-28(24,21-15-8-9-15)19-10-12-20(13-11-19)29(25,26)22-16-4-3-7-18(14-16)27-17-5-1-2-6-17/h3-4,7,10-15,17,21-22H,1-2,5-6,8-9H2. The lowest BCUT2D eigenvalue weighted by molar-refractivity contribution is 0.210. The molecule has 0 atom stereocenters. The highest BCUT2D eigenvalue weighted by atomic mass is 32.2. The third-order valence-corrected chi connectivity index (χ3v) is 7.97. The van der Waals surface area contributed by atoms with E-state index in [2.05, 4.69) is 9.44 Å². The van der Waals surface area contributed by atoms with Crippen LogP contribution in [0, 0.1) is 0 Å². The van der Waals surface area contributed by atoms with E-state index < -0.39 is 20.0 Å². The molecular formula is C20H24N2O5S2. The zero-order chi connectivity index (χ0) is 20.5. The van der Waals surface area contributed by atoms with E-state index in [4.69, 9.17) is 4.74 Å². The molecule has 0 amide bonds. The minimum absolute atomic E-state index is 0.00927. The van der Waals surface area contributed by atoms with E-state index in [1.807, 2.05) is 6.07 Å². The Morgan fingerprint density at radius 3 is 2.03 bits per heavy atom. The molecule has 0 saturated heterocycles. The molecule has 4 rings (SSSR count). The van der Waals surface area contributed by atoms with Gasteiger partial charge < -0.3 is 4.74 Å². The molecule has 9 heteroatoms. The number of sulfonamides is 2. The molecule has 29 heavy (non-hydrogen) atoms. The van der Waals surface area contributed by atoms with Gasteiger partial charge in [0.2, 0.25) is 10.0 Å². The topological polar surface area (TPSA) is 102 Å². The maximum atomic E-state index is 12.7. The lowest BCUT2D eigenvalue weighted by Crippen LogP contribution is -2.25. The van der Waals surface area contributed by atoms with Crippen molar-refractivity contribution in [2.75, 3.05) is 4.72 Å². The summed E-state index contributed by atoms with van der Waals surface area (Å²) in [6.45, 7) is 0. The van der Waals surface area contributed by atoms with E-state index in [-0.39, 0.29) is 21.9 Å². The molecule has 0 heterocycles. The van der Waals surface area contributed by atoms with E-state index in [0.717, 1.165) is 38.5 Å². The highest BCUT2D eigenvalue weighted by Crippen LogP contribution is 2.27. The van der Waals surface area contributed by atoms with Crippen LogP contribution in [0.4, 0.5) is 5.69 Å². The van der Waals surface area contributed by atoms with Gasteiger partial charge in [-0.1, -0.05) is 6.07 Å². The first kappa shape index (κ1) is 20.2. The predicted octanol–water partition coefficient (Wildman–Crippen LogP) is 3.25. The Morgan fingerprint density at radius 2 is 1.41 bits per heavy atom. The normalized spacial score (nSPS) is 17.9. The Bertz CT molecular complexity index is 1070. The number of anilines is 1. The van der Waals surface area contributed by atoms with Gasteiger partial charge in [-0.15, -0.1) is 0 Å². The zero-order valence-corrected chi connectivity index (χ0v) is 17.5. The molecule has 0 aromatic heterocycles. The van der Waals surface area contributed by atoms with Crippen LogP contribution in [0.25, 0.3) is 0 Å². The van der Waals surface area contributed by atoms with Crippen molar-refractivity contribution in [1.29, 1.82) is 0 Å². The first-order valence-electron chi connectivity index (χ1n) is 9.74. The quantitative estimate of drug-likeness (QED) is 0.661. The van der Waals surface area contributed by atoms with Crippen molar-refractivity contribution in [3.63, 3.8) is 0 Å². The molecule has 2 N–H and O–H groups in total. The average Bonchev–Trinajstić information content (AvgIpc) is 3.33. The van der Waals surface area contributed by atoms with Crippen LogP contribution < -0.4 is 14.2 Å². The first-order chi connectivity index (χ1) is 13.8. The van der Waals surface area contributed by atoms with Gasteiger partial charge in [0.25, 0.3) is 10.0 Å². The molecule has 2 saturated carbocycles. The van der Waals surface area contributed by atoms with Gasteiger partial charge in [0.15, 0.2) is 0 Å². The third-order valence-electron chi connectivity index (χ3n) is 5.03. The van der Waals surface area contributed by atoms with Crippen molar-refractivity contribution in [2.45, 2.75) is 60.5 Å². The van der Waals surface area contributed by atoms with Crippen molar-refractivity contribution < 1.29 is 21.6 Å². The maximum absolute atomic E-state index is 12.7. The van der Waals surface area contributed by atoms with Crippen LogP contribution in [0.5, 0.6) is 5.75 Å². The second-order valence-electron chi connectivity index (χ2n) is 7.52. The second kappa shape index (κ2) is 7.97. The van der Waals surface area contributed by atoms with Gasteiger partial charge in [0.05, 0.1) is 21.6 Å². The molecule has 2 aromatic rings. The highest BCUT2D eigenvalue weighted by Gasteiger charge is 2.28. The summed E-state index contributed by atoms with van der Waals surface area (Å²) in [4.78, 5) is 0.0419. The van der Waals surface area contributed by atoms with Gasteiger partial charge >= 0.3 is 0 Å². The predicted molar refractivity (Wildman–Crippen MR) is 110 cm³/mol. The molecule has 2 aliphatic rings. The molecule has 0 unspecified atom stereocenters. The van der Waals surface area contributed by atoms with Crippen molar-refractivity contribution in [1.82, 2.24) is 4.72 Å². The van der Waals surface area contributed by atoms with Gasteiger partial charge in [-0.2, -0.15) is 0 Å². The monoisotopic (exact) mass is 436 g/mol. The van der Waals surface area contributed by atoms with Crippen molar-refractivity contribution in [3.8, 4) is 5.75 Å². The molecule has 0 bridgehead atoms. The summed E-state index contributed by atoms with van der Waals surface area (Å²) in [7, 11) is -7.47. The summed E-state index contributed by atoms with van der Waals surface area (Å²) in [5.41, 5.74) is 0.396. The highest BCUT2D eigenvalue weighted by molar-refractivity contribution is 7.92. The third kappa shape index (κ3) is 5.09. The Balaban J connectivity index is 1.47. The van der Waals surface area contributed by atoms with Crippen LogP contribution in [0.15, 0.2) is 58.3 Å². The summed E-state index contributed by atoms with van der Waals surface area (Å²) < 4.78 is 60.8. The zero-order valence-electron chi connectivity index (χ0n) is 15.9. The number of hydrogen-bond donors (Lipinski definition) is 2. The van der Waals surface area contributed by atoms with Gasteiger partial charge in [-0.3, -0.25) is 4.72 Å². The first-order valence-corrected chi connectivity index (χ1v) is 12.7. The fourth-order valence-corrected chi connectivity index (χ4v) is 5.69. The van der Waals surface area contributed by atoms with Crippen molar-refractivity contribution in [2.24, 2.45) is 0 Å². The van der Waals surface area contributed by atoms with Crippen LogP contribution in [0.2, 0.25) is 0 Å². The minimum atomic E-state index is -3.85. The number of benzene rings is 2. The molecule has 156 valence electrons. The van der Waals surface area contributed by atoms with E-state index in [0.29, 0.717) is 11.4 Å². The van der Waals surface area contributed by atoms with E-state index in [1.54, 1.807) is 18.2 Å². The van der Waals surface area contributed by atoms with Crippen LogP contribution in [-0.2, 0) is 20.0 Å². The van der Waals surface area contributed by atoms with E-state index in [9.17, 15) is 16.8 Å². The van der Waals surface area contributed by atoms with Gasteiger partial charge in [0, 0.05) is 12.1 Å². The smallest absolute Gasteiger partial charge is 0.261 e. The van der Waals surface area contributed by atoms with Gasteiger partial charge in [0.1, 0.15) is 5.75 Å². The lowest BCUT2D eigenvalue weighted by atomic mass is 10.3. The Kier molecular flexibility index (Phi) is 5.54. The summed E-state index contributed by atoms with van der Waals surface area (Å²) in [5.74, 6) is 0.629. The maximum Gasteiger partial charge on any atom is 0.261 e. The molecular weight excluding hydrogens is 412 g/mol. The Morgan fingerprint density at radius 1 is 0.793 bits per heavy atom. The molecule has 2 aliphatic carbocycles. The fourth-order valence-electron chi connectivity index (χ4n) is 3.33. The molecule has 7 nitrogen and oxygen atoms in total. The van der Waals surface area contributed by atoms with Crippen LogP contribution in [-0.4, -0.2) is 29.0 Å². The number of hydrogen-bond acceptors (Lipinski definition) is 5. The number of ether oxygens (including phenoxy) is 1. The fraction of sp³-hybridized carbons (Fsp3) is 0.400. The summed E-state index contributed by atoms with van der Waals surface area (Å²) in [5, 5.41) is 0. The van der Waals surface area contributed by atoms with E-state index >= 15 is 0 Å². The molecule has 0 aliphatic heterocycles. The molecule has 0 radical (unpaired) electrons. The minimum Gasteiger partial charge on any atom is -0.490 e. The van der Waals surface area contributed by atoms with Gasteiger partial charge in [-0.25, -0.2) is 21.6 Å². The van der Waals surface area contributed by atoms with Gasteiger partial charge in [-0.05, 0) is 74.9 Å². The van der Waals surface area contributed by atoms with Crippen LogP contribution >= 0.6 is 0 Å². The number of rotatable bonds is 8. The van der Waals surface area contributed by atoms with Crippen molar-refractivity contribution in [3.05, 3.63) is 48.5 Å². The Labute approximate surface area is 171 Å². The number of nitrogens with one attached hydrogen (secondary N) is 2. The lowest BCUT2D eigenvalue weighted by Gasteiger charge is -2.14. The van der Waals surface area contributed by atoms with Crippen LogP contribution in [0.1, 0.15) is 38.5 Å².